The van der Waals surface area contributed by atoms with E-state index >= 15 is 0 Å². The number of allylic oxidation sites excluding steroid dienone is 7. The second-order valence-corrected chi connectivity index (χ2v) is 32.1. The van der Waals surface area contributed by atoms with E-state index in [0.29, 0.717) is 205 Å². The third-order valence-electron chi connectivity index (χ3n) is 19.5. The van der Waals surface area contributed by atoms with Gasteiger partial charge in [0, 0.05) is 0 Å². The zero-order chi connectivity index (χ0) is 67.8. The highest BCUT2D eigenvalue weighted by atomic mass is 16.3. The van der Waals surface area contributed by atoms with Gasteiger partial charge in [0.05, 0.1) is 74.3 Å². The van der Waals surface area contributed by atoms with Gasteiger partial charge in [-0.25, -0.2) is 0 Å². The zero-order valence-corrected chi connectivity index (χ0v) is 59.8. The minimum atomic E-state index is -1.27. The number of aliphatic hydroxyl groups is 13. The molecule has 88 heavy (non-hydrogen) atoms. The van der Waals surface area contributed by atoms with Crippen LogP contribution in [-0.4, -0.2) is 141 Å². The molecule has 0 unspecified atom stereocenters. The van der Waals surface area contributed by atoms with Gasteiger partial charge >= 0.3 is 0 Å². The Morgan fingerprint density at radius 3 is 0.705 bits per heavy atom. The van der Waals surface area contributed by atoms with Gasteiger partial charge < -0.3 is 66.4 Å². The van der Waals surface area contributed by atoms with Crippen molar-refractivity contribution in [1.82, 2.24) is 0 Å². The Balaban J connectivity index is 4.54. The molecule has 0 aliphatic heterocycles. The lowest BCUT2D eigenvalue weighted by molar-refractivity contribution is -0.0746. The van der Waals surface area contributed by atoms with Crippen LogP contribution in [0.3, 0.4) is 0 Å². The zero-order valence-electron chi connectivity index (χ0n) is 59.8. The Hall–Kier alpha value is -1.56. The summed E-state index contributed by atoms with van der Waals surface area (Å²) in [7, 11) is 0. The monoisotopic (exact) mass is 1250 g/mol. The molecule has 0 aromatic carbocycles. The molecule has 0 rings (SSSR count). The lowest BCUT2D eigenvalue weighted by atomic mass is 9.83. The van der Waals surface area contributed by atoms with E-state index in [4.69, 9.17) is 5.11 Å². The lowest BCUT2D eigenvalue weighted by Gasteiger charge is -2.32. The molecule has 0 radical (unpaired) electrons. The molecule has 0 aromatic heterocycles. The standard InChI is InChI=1S/C75H144O13/c1-60(2)30-19-38-65(6,78)39-20-40-66(7,79)41-21-42-67(8,80)43-22-44-68(9,81)45-23-46-69(10,82)47-24-48-70(11,83)49-25-50-71(12,84)51-26-52-72(13,85)53-27-54-73(14,86)55-28-56-74(15,87)57-29-58-75(16,88)64(77)36-35-62(4)33-17-31-61(3)32-18-34-63(5)37-59-76/h30,32-33,37,64,76-88H,17-29,31,34-36,38-59H2,1-16H3/b61-32+,62-33+,63-37+/t64-,65+,66+,67+,68+,69+,70+,71-,72-,73+,74+,75-/m1/s1. The van der Waals surface area contributed by atoms with Crippen LogP contribution >= 0.6 is 0 Å². The summed E-state index contributed by atoms with van der Waals surface area (Å²) in [6, 6.07) is 0. The molecule has 0 saturated heterocycles. The highest BCUT2D eigenvalue weighted by Crippen LogP contribution is 2.35. The van der Waals surface area contributed by atoms with E-state index in [1.54, 1.807) is 13.8 Å². The number of aliphatic hydroxyl groups excluding tert-OH is 2. The second kappa shape index (κ2) is 40.6. The molecule has 12 atom stereocenters. The van der Waals surface area contributed by atoms with Crippen molar-refractivity contribution in [3.05, 3.63) is 46.6 Å². The molecule has 13 N–H and O–H groups in total. The SMILES string of the molecule is CC(C)=CCC[C@](C)(O)CCC[C@](C)(O)CCC[C@](C)(O)CCC[C@](C)(O)CCC[C@](C)(O)CCC[C@](C)(O)CCC[C@@](C)(O)CCC[C@@](C)(O)CCC[C@](C)(O)CCC[C@](C)(O)CCC[C@@](C)(O)[C@H](O)CC/C(C)=C/CC/C(C)=C/CC/C(C)=C/CO. The molecule has 0 spiro atoms. The van der Waals surface area contributed by atoms with Crippen LogP contribution in [-0.2, 0) is 0 Å². The van der Waals surface area contributed by atoms with Crippen molar-refractivity contribution in [1.29, 1.82) is 0 Å². The maximum Gasteiger partial charge on any atom is 0.0877 e. The summed E-state index contributed by atoms with van der Waals surface area (Å²) in [5.74, 6) is 0. The fourth-order valence-corrected chi connectivity index (χ4v) is 12.8. The van der Waals surface area contributed by atoms with Crippen molar-refractivity contribution in [3.8, 4) is 0 Å². The Morgan fingerprint density at radius 2 is 0.477 bits per heavy atom. The Labute approximate surface area is 539 Å². The van der Waals surface area contributed by atoms with Crippen molar-refractivity contribution in [2.24, 2.45) is 0 Å². The fourth-order valence-electron chi connectivity index (χ4n) is 12.8. The summed E-state index contributed by atoms with van der Waals surface area (Å²) in [4.78, 5) is 0. The predicted octanol–water partition coefficient (Wildman–Crippen LogP) is 15.2. The van der Waals surface area contributed by atoms with Gasteiger partial charge in [0.2, 0.25) is 0 Å². The number of hydrogen-bond donors (Lipinski definition) is 13. The Morgan fingerprint density at radius 1 is 0.273 bits per heavy atom. The van der Waals surface area contributed by atoms with Crippen LogP contribution in [0, 0.1) is 0 Å². The van der Waals surface area contributed by atoms with Gasteiger partial charge in [-0.2, -0.15) is 0 Å². The van der Waals surface area contributed by atoms with E-state index < -0.39 is 67.7 Å². The van der Waals surface area contributed by atoms with Crippen LogP contribution in [0.25, 0.3) is 0 Å². The largest absolute Gasteiger partial charge is 0.392 e. The second-order valence-electron chi connectivity index (χ2n) is 32.1. The van der Waals surface area contributed by atoms with Crippen molar-refractivity contribution >= 4 is 0 Å². The topological polar surface area (TPSA) is 263 Å². The number of rotatable bonds is 54. The van der Waals surface area contributed by atoms with Gasteiger partial charge in [-0.05, 0) is 355 Å². The van der Waals surface area contributed by atoms with Crippen molar-refractivity contribution < 1.29 is 66.4 Å². The van der Waals surface area contributed by atoms with Gasteiger partial charge in [-0.15, -0.1) is 0 Å². The first-order valence-corrected chi connectivity index (χ1v) is 35.0. The molecule has 0 bridgehead atoms. The molecule has 0 amide bonds. The van der Waals surface area contributed by atoms with E-state index in [1.165, 1.54) is 22.3 Å². The molecular formula is C75H144O13. The third kappa shape index (κ3) is 47.3. The highest BCUT2D eigenvalue weighted by molar-refractivity contribution is 5.07. The van der Waals surface area contributed by atoms with Crippen molar-refractivity contribution in [3.63, 3.8) is 0 Å². The van der Waals surface area contributed by atoms with E-state index in [2.05, 4.69) is 45.9 Å². The van der Waals surface area contributed by atoms with E-state index in [0.717, 1.165) is 38.5 Å². The molecule has 0 aliphatic rings. The van der Waals surface area contributed by atoms with Gasteiger partial charge in [0.25, 0.3) is 0 Å². The normalized spacial score (nSPS) is 21.0. The van der Waals surface area contributed by atoms with Gasteiger partial charge in [-0.3, -0.25) is 0 Å². The van der Waals surface area contributed by atoms with E-state index in [9.17, 15) is 61.3 Å². The fraction of sp³-hybridized carbons (Fsp3) is 0.893. The van der Waals surface area contributed by atoms with Gasteiger partial charge in [-0.1, -0.05) is 46.6 Å². The lowest BCUT2D eigenvalue weighted by Crippen LogP contribution is -2.39. The molecule has 0 aromatic rings. The van der Waals surface area contributed by atoms with E-state index in [-0.39, 0.29) is 6.61 Å². The summed E-state index contributed by atoms with van der Waals surface area (Å²) in [5.41, 5.74) is -5.46. The smallest absolute Gasteiger partial charge is 0.0877 e. The molecule has 522 valence electrons. The molecule has 13 nitrogen and oxygen atoms in total. The van der Waals surface area contributed by atoms with Crippen LogP contribution in [0.5, 0.6) is 0 Å². The molecule has 0 heterocycles. The van der Waals surface area contributed by atoms with Crippen molar-refractivity contribution in [2.75, 3.05) is 6.61 Å². The minimum absolute atomic E-state index is 0.0822. The first-order valence-electron chi connectivity index (χ1n) is 35.0. The average Bonchev–Trinajstić information content (AvgIpc) is 3.50. The maximum atomic E-state index is 11.2. The summed E-state index contributed by atoms with van der Waals surface area (Å²) in [6.45, 7) is 30.3. The average molecular weight is 1250 g/mol. The van der Waals surface area contributed by atoms with E-state index in [1.807, 2.05) is 75.3 Å². The number of hydrogen-bond acceptors (Lipinski definition) is 13. The molecule has 0 aliphatic carbocycles. The van der Waals surface area contributed by atoms with Crippen LogP contribution in [0.4, 0.5) is 0 Å². The molecule has 0 fully saturated rings. The maximum absolute atomic E-state index is 11.2. The summed E-state index contributed by atoms with van der Waals surface area (Å²) < 4.78 is 0. The first-order chi connectivity index (χ1) is 40.2. The van der Waals surface area contributed by atoms with Gasteiger partial charge in [0.15, 0.2) is 0 Å². The van der Waals surface area contributed by atoms with Crippen molar-refractivity contribution in [2.45, 2.75) is 422 Å². The van der Waals surface area contributed by atoms with Crippen LogP contribution in [0.2, 0.25) is 0 Å². The summed E-state index contributed by atoms with van der Waals surface area (Å²) >= 11 is 0. The Kier molecular flexibility index (Phi) is 39.9. The third-order valence-corrected chi connectivity index (χ3v) is 19.5. The molecular weight excluding hydrogens is 1110 g/mol. The van der Waals surface area contributed by atoms with Crippen LogP contribution < -0.4 is 0 Å². The Bertz CT molecular complexity index is 1980. The van der Waals surface area contributed by atoms with Crippen LogP contribution in [0.15, 0.2) is 46.6 Å². The van der Waals surface area contributed by atoms with Crippen LogP contribution in [0.1, 0.15) is 355 Å². The molecule has 0 saturated carbocycles. The minimum Gasteiger partial charge on any atom is -0.392 e. The highest BCUT2D eigenvalue weighted by Gasteiger charge is 2.34. The summed E-state index contributed by atoms with van der Waals surface area (Å²) in [6.07, 6.45) is 30.9. The first kappa shape index (κ1) is 86.4. The van der Waals surface area contributed by atoms with Gasteiger partial charge in [0.1, 0.15) is 0 Å². The summed E-state index contributed by atoms with van der Waals surface area (Å²) in [5, 5.41) is 142. The predicted molar refractivity (Wildman–Crippen MR) is 366 cm³/mol. The molecule has 13 heteroatoms. The quantitative estimate of drug-likeness (QED) is 0.0253.